The second-order valence-corrected chi connectivity index (χ2v) is 4.17. The molecule has 0 radical (unpaired) electrons. The number of aldehydes is 1. The quantitative estimate of drug-likeness (QED) is 0.754. The maximum Gasteiger partial charge on any atom is 0.139 e. The minimum atomic E-state index is 0.431. The smallest absolute Gasteiger partial charge is 0.139 e. The van der Waals surface area contributed by atoms with Gasteiger partial charge in [-0.25, -0.2) is 0 Å². The third-order valence-electron chi connectivity index (χ3n) is 3.08. The Labute approximate surface area is 101 Å². The number of fused-ring (bicyclic) bond motifs is 1. The Bertz CT molecular complexity index is 545. The van der Waals surface area contributed by atoms with Crippen molar-refractivity contribution in [2.45, 2.75) is 13.8 Å². The van der Waals surface area contributed by atoms with Crippen LogP contribution in [0, 0.1) is 6.92 Å². The fraction of sp³-hybridized carbons (Fsp3) is 0.385. The van der Waals surface area contributed by atoms with Crippen molar-refractivity contribution >= 4 is 22.9 Å². The van der Waals surface area contributed by atoms with Crippen LogP contribution in [0.15, 0.2) is 18.3 Å². The monoisotopic (exact) mass is 231 g/mol. The first-order valence-electron chi connectivity index (χ1n) is 5.78. The van der Waals surface area contributed by atoms with E-state index in [4.69, 9.17) is 0 Å². The summed E-state index contributed by atoms with van der Waals surface area (Å²) in [7, 11) is 1.93. The number of anilines is 1. The molecule has 0 unspecified atom stereocenters. The summed E-state index contributed by atoms with van der Waals surface area (Å²) in [4.78, 5) is 12.7. The predicted molar refractivity (Wildman–Crippen MR) is 69.4 cm³/mol. The summed E-state index contributed by atoms with van der Waals surface area (Å²) >= 11 is 0. The summed E-state index contributed by atoms with van der Waals surface area (Å²) < 4.78 is 1.85. The van der Waals surface area contributed by atoms with E-state index in [0.717, 1.165) is 29.4 Å². The molecule has 4 heteroatoms. The number of nitrogens with zero attached hydrogens (tertiary/aromatic N) is 3. The third-order valence-corrected chi connectivity index (χ3v) is 3.08. The zero-order valence-corrected chi connectivity index (χ0v) is 10.5. The van der Waals surface area contributed by atoms with E-state index in [9.17, 15) is 4.79 Å². The molecular weight excluding hydrogens is 214 g/mol. The number of aromatic nitrogens is 2. The summed E-state index contributed by atoms with van der Waals surface area (Å²) in [5.41, 5.74) is 3.37. The molecule has 17 heavy (non-hydrogen) atoms. The van der Waals surface area contributed by atoms with Crippen molar-refractivity contribution in [1.82, 2.24) is 9.78 Å². The lowest BCUT2D eigenvalue weighted by atomic mass is 10.1. The lowest BCUT2D eigenvalue weighted by Crippen LogP contribution is -2.25. The third kappa shape index (κ3) is 2.02. The maximum absolute atomic E-state index is 10.7. The molecule has 0 bridgehead atoms. The summed E-state index contributed by atoms with van der Waals surface area (Å²) in [5, 5.41) is 5.37. The fourth-order valence-corrected chi connectivity index (χ4v) is 2.13. The molecule has 2 aromatic rings. The van der Waals surface area contributed by atoms with Gasteiger partial charge in [-0.05, 0) is 31.5 Å². The Balaban J connectivity index is 2.55. The molecule has 0 fully saturated rings. The fourth-order valence-electron chi connectivity index (χ4n) is 2.13. The van der Waals surface area contributed by atoms with Crippen LogP contribution in [-0.4, -0.2) is 29.2 Å². The highest BCUT2D eigenvalue weighted by molar-refractivity contribution is 5.84. The highest BCUT2D eigenvalue weighted by atomic mass is 16.1. The van der Waals surface area contributed by atoms with E-state index in [1.165, 1.54) is 5.56 Å². The van der Waals surface area contributed by atoms with Crippen molar-refractivity contribution in [3.63, 3.8) is 0 Å². The number of aryl methyl sites for hydroxylation is 2. The van der Waals surface area contributed by atoms with Gasteiger partial charge in [-0.1, -0.05) is 0 Å². The average Bonchev–Trinajstić information content (AvgIpc) is 2.67. The molecule has 2 rings (SSSR count). The number of likely N-dealkylation sites (N-methyl/N-ethyl adjacent to an activating group) is 1. The van der Waals surface area contributed by atoms with Crippen LogP contribution < -0.4 is 4.90 Å². The Hall–Kier alpha value is -1.84. The van der Waals surface area contributed by atoms with Gasteiger partial charge >= 0.3 is 0 Å². The van der Waals surface area contributed by atoms with Crippen molar-refractivity contribution in [1.29, 1.82) is 0 Å². The van der Waals surface area contributed by atoms with E-state index >= 15 is 0 Å². The largest absolute Gasteiger partial charge is 0.365 e. The van der Waals surface area contributed by atoms with Crippen LogP contribution in [0.3, 0.4) is 0 Å². The zero-order chi connectivity index (χ0) is 12.4. The van der Waals surface area contributed by atoms with Gasteiger partial charge in [-0.15, -0.1) is 0 Å². The van der Waals surface area contributed by atoms with Gasteiger partial charge in [-0.2, -0.15) is 5.10 Å². The molecule has 1 heterocycles. The molecule has 0 aliphatic rings. The van der Waals surface area contributed by atoms with Crippen LogP contribution in [0.5, 0.6) is 0 Å². The molecule has 0 N–H and O–H groups in total. The molecule has 0 saturated carbocycles. The number of hydrogen-bond donors (Lipinski definition) is 0. The molecule has 0 saturated heterocycles. The van der Waals surface area contributed by atoms with E-state index in [0.29, 0.717) is 6.54 Å². The molecule has 4 nitrogen and oxygen atoms in total. The number of rotatable bonds is 4. The first kappa shape index (κ1) is 11.6. The van der Waals surface area contributed by atoms with Gasteiger partial charge < -0.3 is 9.69 Å². The summed E-state index contributed by atoms with van der Waals surface area (Å²) in [6.07, 6.45) is 2.80. The van der Waals surface area contributed by atoms with E-state index in [-0.39, 0.29) is 0 Å². The van der Waals surface area contributed by atoms with Crippen LogP contribution >= 0.6 is 0 Å². The van der Waals surface area contributed by atoms with E-state index in [1.54, 1.807) is 0 Å². The highest BCUT2D eigenvalue weighted by Crippen LogP contribution is 2.25. The minimum Gasteiger partial charge on any atom is -0.365 e. The van der Waals surface area contributed by atoms with E-state index in [1.807, 2.05) is 17.9 Å². The summed E-state index contributed by atoms with van der Waals surface area (Å²) in [6, 6.07) is 4.22. The van der Waals surface area contributed by atoms with Gasteiger partial charge in [0.25, 0.3) is 0 Å². The molecule has 1 aromatic carbocycles. The van der Waals surface area contributed by atoms with Crippen molar-refractivity contribution in [2.24, 2.45) is 7.05 Å². The Morgan fingerprint density at radius 1 is 1.47 bits per heavy atom. The SMILES string of the molecule is CCN(CC=O)c1cc2c(cnn2C)cc1C. The van der Waals surface area contributed by atoms with Gasteiger partial charge in [-0.3, -0.25) is 4.68 Å². The van der Waals surface area contributed by atoms with Crippen LogP contribution in [0.4, 0.5) is 5.69 Å². The van der Waals surface area contributed by atoms with Crippen molar-refractivity contribution in [2.75, 3.05) is 18.0 Å². The van der Waals surface area contributed by atoms with Crippen LogP contribution in [0.25, 0.3) is 10.9 Å². The number of carbonyl (C=O) groups is 1. The van der Waals surface area contributed by atoms with Gasteiger partial charge in [0.15, 0.2) is 0 Å². The van der Waals surface area contributed by atoms with Crippen LogP contribution in [0.2, 0.25) is 0 Å². The summed E-state index contributed by atoms with van der Waals surface area (Å²) in [5.74, 6) is 0. The average molecular weight is 231 g/mol. The second kappa shape index (κ2) is 4.57. The standard InChI is InChI=1S/C13H17N3O/c1-4-16(5-6-17)12-8-13-11(7-10(12)2)9-14-15(13)3/h6-9H,4-5H2,1-3H3. The highest BCUT2D eigenvalue weighted by Gasteiger charge is 2.10. The van der Waals surface area contributed by atoms with Crippen LogP contribution in [-0.2, 0) is 11.8 Å². The second-order valence-electron chi connectivity index (χ2n) is 4.17. The zero-order valence-electron chi connectivity index (χ0n) is 10.5. The molecule has 1 aromatic heterocycles. The minimum absolute atomic E-state index is 0.431. The lowest BCUT2D eigenvalue weighted by molar-refractivity contribution is -0.106. The normalized spacial score (nSPS) is 10.8. The topological polar surface area (TPSA) is 38.1 Å². The van der Waals surface area contributed by atoms with Gasteiger partial charge in [0.05, 0.1) is 18.3 Å². The molecular formula is C13H17N3O. The van der Waals surface area contributed by atoms with Crippen molar-refractivity contribution in [3.05, 3.63) is 23.9 Å². The van der Waals surface area contributed by atoms with E-state index < -0.39 is 0 Å². The molecule has 0 aliphatic carbocycles. The van der Waals surface area contributed by atoms with Crippen LogP contribution in [0.1, 0.15) is 12.5 Å². The molecule has 0 spiro atoms. The predicted octanol–water partition coefficient (Wildman–Crippen LogP) is 1.91. The lowest BCUT2D eigenvalue weighted by Gasteiger charge is -2.22. The van der Waals surface area contributed by atoms with Crippen molar-refractivity contribution in [3.8, 4) is 0 Å². The molecule has 0 amide bonds. The molecule has 0 atom stereocenters. The van der Waals surface area contributed by atoms with Crippen molar-refractivity contribution < 1.29 is 4.79 Å². The van der Waals surface area contributed by atoms with Gasteiger partial charge in [0.1, 0.15) is 6.29 Å². The molecule has 0 aliphatic heterocycles. The Morgan fingerprint density at radius 2 is 2.24 bits per heavy atom. The van der Waals surface area contributed by atoms with Gasteiger partial charge in [0, 0.05) is 24.7 Å². The van der Waals surface area contributed by atoms with E-state index in [2.05, 4.69) is 36.0 Å². The summed E-state index contributed by atoms with van der Waals surface area (Å²) in [6.45, 7) is 5.37. The number of benzene rings is 1. The number of hydrogen-bond acceptors (Lipinski definition) is 3. The first-order valence-corrected chi connectivity index (χ1v) is 5.78. The Morgan fingerprint density at radius 3 is 2.88 bits per heavy atom. The number of carbonyl (C=O) groups excluding carboxylic acids is 1. The maximum atomic E-state index is 10.7. The Kier molecular flexibility index (Phi) is 3.13. The first-order chi connectivity index (χ1) is 8.17. The molecule has 90 valence electrons. The van der Waals surface area contributed by atoms with Gasteiger partial charge in [0.2, 0.25) is 0 Å².